The van der Waals surface area contributed by atoms with E-state index in [1.54, 1.807) is 24.3 Å². The normalized spacial score (nSPS) is 10.0. The molecule has 1 N–H and O–H groups in total. The van der Waals surface area contributed by atoms with E-state index >= 15 is 0 Å². The number of carbonyl (C=O) groups is 2. The molecule has 0 heterocycles. The van der Waals surface area contributed by atoms with E-state index in [0.29, 0.717) is 11.4 Å². The van der Waals surface area contributed by atoms with Gasteiger partial charge in [0.15, 0.2) is 6.61 Å². The molecule has 0 saturated heterocycles. The predicted octanol–water partition coefficient (Wildman–Crippen LogP) is 3.05. The van der Waals surface area contributed by atoms with Crippen molar-refractivity contribution in [2.24, 2.45) is 0 Å². The van der Waals surface area contributed by atoms with Crippen molar-refractivity contribution in [3.63, 3.8) is 0 Å². The maximum absolute atomic E-state index is 12.0. The first-order valence-electron chi connectivity index (χ1n) is 6.95. The summed E-state index contributed by atoms with van der Waals surface area (Å²) >= 11 is 5.74. The van der Waals surface area contributed by atoms with Crippen molar-refractivity contribution in [2.45, 2.75) is 0 Å². The molecular formula is C16H13ClN2O6. The smallest absolute Gasteiger partial charge is 0.345 e. The van der Waals surface area contributed by atoms with Crippen molar-refractivity contribution < 1.29 is 24.0 Å². The molecule has 130 valence electrons. The van der Waals surface area contributed by atoms with Crippen LogP contribution in [0.4, 0.5) is 11.4 Å². The van der Waals surface area contributed by atoms with Crippen molar-refractivity contribution in [2.75, 3.05) is 19.0 Å². The van der Waals surface area contributed by atoms with Gasteiger partial charge in [0.25, 0.3) is 11.6 Å². The standard InChI is InChI=1S/C16H13ClN2O6/c1-24-12-5-3-11(4-6-12)18-15(20)9-25-16(21)13-8-10(17)2-7-14(13)19(22)23/h2-8H,9H2,1H3,(H,18,20). The molecule has 9 heteroatoms. The Morgan fingerprint density at radius 2 is 1.88 bits per heavy atom. The molecule has 0 spiro atoms. The van der Waals surface area contributed by atoms with Gasteiger partial charge >= 0.3 is 5.97 Å². The molecule has 0 aliphatic rings. The lowest BCUT2D eigenvalue weighted by molar-refractivity contribution is -0.385. The molecule has 0 aliphatic heterocycles. The lowest BCUT2D eigenvalue weighted by Crippen LogP contribution is -2.21. The van der Waals surface area contributed by atoms with Gasteiger partial charge in [0, 0.05) is 16.8 Å². The number of esters is 1. The van der Waals surface area contributed by atoms with Gasteiger partial charge in [-0.25, -0.2) is 4.79 Å². The number of nitro groups is 1. The third-order valence-corrected chi connectivity index (χ3v) is 3.32. The van der Waals surface area contributed by atoms with Crippen LogP contribution in [0, 0.1) is 10.1 Å². The fourth-order valence-corrected chi connectivity index (χ4v) is 2.08. The summed E-state index contributed by atoms with van der Waals surface area (Å²) in [6.07, 6.45) is 0. The number of ether oxygens (including phenoxy) is 2. The van der Waals surface area contributed by atoms with Crippen LogP contribution in [-0.2, 0) is 9.53 Å². The summed E-state index contributed by atoms with van der Waals surface area (Å²) in [5, 5.41) is 13.6. The predicted molar refractivity (Wildman–Crippen MR) is 90.0 cm³/mol. The molecule has 0 radical (unpaired) electrons. The lowest BCUT2D eigenvalue weighted by Gasteiger charge is -2.08. The molecule has 0 fully saturated rings. The van der Waals surface area contributed by atoms with Crippen molar-refractivity contribution in [1.29, 1.82) is 0 Å². The fraction of sp³-hybridized carbons (Fsp3) is 0.125. The number of nitrogens with zero attached hydrogens (tertiary/aromatic N) is 1. The molecule has 0 atom stereocenters. The average Bonchev–Trinajstić information content (AvgIpc) is 2.60. The Morgan fingerprint density at radius 1 is 1.20 bits per heavy atom. The molecule has 0 aromatic heterocycles. The first-order valence-corrected chi connectivity index (χ1v) is 7.33. The summed E-state index contributed by atoms with van der Waals surface area (Å²) in [5.74, 6) is -0.986. The highest BCUT2D eigenvalue weighted by atomic mass is 35.5. The monoisotopic (exact) mass is 364 g/mol. The quantitative estimate of drug-likeness (QED) is 0.479. The second kappa shape index (κ2) is 8.11. The summed E-state index contributed by atoms with van der Waals surface area (Å²) in [5.41, 5.74) is -0.296. The number of anilines is 1. The molecular weight excluding hydrogens is 352 g/mol. The topological polar surface area (TPSA) is 108 Å². The van der Waals surface area contributed by atoms with Gasteiger partial charge in [0.2, 0.25) is 0 Å². The van der Waals surface area contributed by atoms with Crippen LogP contribution in [0.5, 0.6) is 5.75 Å². The number of hydrogen-bond donors (Lipinski definition) is 1. The van der Waals surface area contributed by atoms with Gasteiger partial charge in [0.05, 0.1) is 12.0 Å². The molecule has 0 unspecified atom stereocenters. The van der Waals surface area contributed by atoms with E-state index in [1.807, 2.05) is 0 Å². The van der Waals surface area contributed by atoms with Gasteiger partial charge in [-0.15, -0.1) is 0 Å². The van der Waals surface area contributed by atoms with Crippen LogP contribution in [0.15, 0.2) is 42.5 Å². The lowest BCUT2D eigenvalue weighted by atomic mass is 10.2. The summed E-state index contributed by atoms with van der Waals surface area (Å²) < 4.78 is 9.81. The second-order valence-electron chi connectivity index (χ2n) is 4.77. The third-order valence-electron chi connectivity index (χ3n) is 3.08. The van der Waals surface area contributed by atoms with E-state index in [4.69, 9.17) is 21.1 Å². The van der Waals surface area contributed by atoms with E-state index in [9.17, 15) is 19.7 Å². The van der Waals surface area contributed by atoms with Gasteiger partial charge < -0.3 is 14.8 Å². The Morgan fingerprint density at radius 3 is 2.48 bits per heavy atom. The number of rotatable bonds is 6. The minimum absolute atomic E-state index is 0.139. The van der Waals surface area contributed by atoms with Crippen molar-refractivity contribution in [3.8, 4) is 5.75 Å². The van der Waals surface area contributed by atoms with Crippen molar-refractivity contribution in [1.82, 2.24) is 0 Å². The van der Waals surface area contributed by atoms with Gasteiger partial charge in [0.1, 0.15) is 11.3 Å². The highest BCUT2D eigenvalue weighted by molar-refractivity contribution is 6.31. The summed E-state index contributed by atoms with van der Waals surface area (Å²) in [4.78, 5) is 34.0. The maximum Gasteiger partial charge on any atom is 0.345 e. The molecule has 0 bridgehead atoms. The molecule has 8 nitrogen and oxygen atoms in total. The average molecular weight is 365 g/mol. The van der Waals surface area contributed by atoms with Gasteiger partial charge in [-0.05, 0) is 36.4 Å². The van der Waals surface area contributed by atoms with Crippen LogP contribution in [0.1, 0.15) is 10.4 Å². The number of amides is 1. The fourth-order valence-electron chi connectivity index (χ4n) is 1.91. The molecule has 25 heavy (non-hydrogen) atoms. The molecule has 0 saturated carbocycles. The van der Waals surface area contributed by atoms with Crippen LogP contribution in [0.25, 0.3) is 0 Å². The van der Waals surface area contributed by atoms with Crippen LogP contribution in [-0.4, -0.2) is 30.5 Å². The number of halogens is 1. The van der Waals surface area contributed by atoms with Gasteiger partial charge in [-0.1, -0.05) is 11.6 Å². The number of nitrogens with one attached hydrogen (secondary N) is 1. The van der Waals surface area contributed by atoms with Crippen LogP contribution < -0.4 is 10.1 Å². The number of carbonyl (C=O) groups excluding carboxylic acids is 2. The zero-order valence-corrected chi connectivity index (χ0v) is 13.8. The molecule has 0 aliphatic carbocycles. The SMILES string of the molecule is COc1ccc(NC(=O)COC(=O)c2cc(Cl)ccc2[N+](=O)[O-])cc1. The largest absolute Gasteiger partial charge is 0.497 e. The minimum atomic E-state index is -1.01. The highest BCUT2D eigenvalue weighted by Gasteiger charge is 2.22. The van der Waals surface area contributed by atoms with Crippen molar-refractivity contribution in [3.05, 3.63) is 63.2 Å². The Bertz CT molecular complexity index is 807. The van der Waals surface area contributed by atoms with E-state index in [-0.39, 0.29) is 10.6 Å². The second-order valence-corrected chi connectivity index (χ2v) is 5.21. The van der Waals surface area contributed by atoms with Crippen LogP contribution in [0.3, 0.4) is 0 Å². The van der Waals surface area contributed by atoms with E-state index < -0.39 is 29.1 Å². The molecule has 1 amide bonds. The number of hydrogen-bond acceptors (Lipinski definition) is 6. The Hall–Kier alpha value is -3.13. The van der Waals surface area contributed by atoms with E-state index in [1.165, 1.54) is 13.2 Å². The Labute approximate surface area is 147 Å². The molecule has 2 aromatic rings. The minimum Gasteiger partial charge on any atom is -0.497 e. The summed E-state index contributed by atoms with van der Waals surface area (Å²) in [6.45, 7) is -0.603. The number of nitro benzene ring substituents is 1. The number of methoxy groups -OCH3 is 1. The van der Waals surface area contributed by atoms with Crippen LogP contribution >= 0.6 is 11.6 Å². The van der Waals surface area contributed by atoms with Crippen molar-refractivity contribution >= 4 is 34.9 Å². The molecule has 2 aromatic carbocycles. The Balaban J connectivity index is 1.98. The zero-order chi connectivity index (χ0) is 18.4. The first kappa shape index (κ1) is 18.2. The molecule has 2 rings (SSSR count). The summed E-state index contributed by atoms with van der Waals surface area (Å²) in [6, 6.07) is 10.0. The first-order chi connectivity index (χ1) is 11.9. The zero-order valence-electron chi connectivity index (χ0n) is 13.0. The van der Waals surface area contributed by atoms with E-state index in [2.05, 4.69) is 5.32 Å². The highest BCUT2D eigenvalue weighted by Crippen LogP contribution is 2.23. The van der Waals surface area contributed by atoms with Crippen LogP contribution in [0.2, 0.25) is 5.02 Å². The van der Waals surface area contributed by atoms with Gasteiger partial charge in [-0.2, -0.15) is 0 Å². The third kappa shape index (κ3) is 4.92. The van der Waals surface area contributed by atoms with E-state index in [0.717, 1.165) is 12.1 Å². The summed E-state index contributed by atoms with van der Waals surface area (Å²) in [7, 11) is 1.52. The van der Waals surface area contributed by atoms with Gasteiger partial charge in [-0.3, -0.25) is 14.9 Å². The maximum atomic E-state index is 12.0. The number of benzene rings is 2. The Kier molecular flexibility index (Phi) is 5.91.